The van der Waals surface area contributed by atoms with Crippen LogP contribution in [0, 0.1) is 0 Å². The Morgan fingerprint density at radius 3 is 2.95 bits per heavy atom. The van der Waals surface area contributed by atoms with E-state index in [1.54, 1.807) is 18.2 Å². The van der Waals surface area contributed by atoms with Gasteiger partial charge in [0.25, 0.3) is 0 Å². The molecule has 0 saturated carbocycles. The average Bonchev–Trinajstić information content (AvgIpc) is 2.49. The molecule has 1 aliphatic rings. The number of carboxylic acids is 1. The second-order valence-electron chi connectivity index (χ2n) is 4.42. The lowest BCUT2D eigenvalue weighted by Gasteiger charge is -2.31. The summed E-state index contributed by atoms with van der Waals surface area (Å²) in [6.07, 6.45) is -0.988. The number of amides is 2. The summed E-state index contributed by atoms with van der Waals surface area (Å²) in [5, 5.41) is 11.7. The first kappa shape index (κ1) is 15.6. The number of anilines is 1. The van der Waals surface area contributed by atoms with Crippen LogP contribution in [-0.2, 0) is 9.53 Å². The number of aliphatic carboxylic acids is 1. The highest BCUT2D eigenvalue weighted by atomic mass is 79.9. The van der Waals surface area contributed by atoms with E-state index in [1.807, 2.05) is 0 Å². The molecule has 114 valence electrons. The number of nitrogens with zero attached hydrogens (tertiary/aromatic N) is 1. The van der Waals surface area contributed by atoms with Crippen LogP contribution in [0.1, 0.15) is 0 Å². The van der Waals surface area contributed by atoms with Crippen molar-refractivity contribution < 1.29 is 24.2 Å². The molecular weight excluding hydrogens is 344 g/mol. The van der Waals surface area contributed by atoms with E-state index < -0.39 is 12.1 Å². The zero-order valence-corrected chi connectivity index (χ0v) is 12.9. The number of urea groups is 1. The monoisotopic (exact) mass is 358 g/mol. The quantitative estimate of drug-likeness (QED) is 0.859. The van der Waals surface area contributed by atoms with Gasteiger partial charge in [0.2, 0.25) is 0 Å². The normalized spacial score (nSPS) is 18.2. The Morgan fingerprint density at radius 1 is 1.52 bits per heavy atom. The molecule has 1 aromatic rings. The topological polar surface area (TPSA) is 88.1 Å². The number of hydrogen-bond acceptors (Lipinski definition) is 4. The van der Waals surface area contributed by atoms with Gasteiger partial charge in [0.05, 0.1) is 25.9 Å². The molecule has 0 aromatic heterocycles. The molecule has 1 atom stereocenters. The molecule has 2 amide bonds. The van der Waals surface area contributed by atoms with E-state index in [4.69, 9.17) is 14.6 Å². The molecular formula is C13H15BrN2O5. The maximum Gasteiger partial charge on any atom is 0.334 e. The van der Waals surface area contributed by atoms with Crippen LogP contribution in [0.25, 0.3) is 0 Å². The number of methoxy groups -OCH3 is 1. The van der Waals surface area contributed by atoms with Gasteiger partial charge in [-0.1, -0.05) is 0 Å². The summed E-state index contributed by atoms with van der Waals surface area (Å²) in [6, 6.07) is 4.82. The first-order chi connectivity index (χ1) is 10.0. The summed E-state index contributed by atoms with van der Waals surface area (Å²) in [6.45, 7) is 0.559. The number of halogens is 1. The van der Waals surface area contributed by atoms with E-state index in [-0.39, 0.29) is 19.2 Å². The first-order valence-electron chi connectivity index (χ1n) is 6.25. The molecule has 0 aliphatic carbocycles. The molecule has 1 unspecified atom stereocenters. The molecule has 1 aromatic carbocycles. The third kappa shape index (κ3) is 3.85. The number of carboxylic acid groups (broad SMARTS) is 1. The fraction of sp³-hybridized carbons (Fsp3) is 0.385. The molecule has 2 rings (SSSR count). The minimum absolute atomic E-state index is 0.0166. The van der Waals surface area contributed by atoms with E-state index >= 15 is 0 Å². The molecule has 2 N–H and O–H groups in total. The Hall–Kier alpha value is -1.80. The van der Waals surface area contributed by atoms with Crippen LogP contribution in [0.5, 0.6) is 5.75 Å². The second-order valence-corrected chi connectivity index (χ2v) is 5.27. The van der Waals surface area contributed by atoms with Gasteiger partial charge in [-0.2, -0.15) is 0 Å². The molecule has 1 aliphatic heterocycles. The van der Waals surface area contributed by atoms with Crippen molar-refractivity contribution in [3.63, 3.8) is 0 Å². The highest BCUT2D eigenvalue weighted by molar-refractivity contribution is 9.10. The number of carbonyl (C=O) groups is 2. The third-order valence-electron chi connectivity index (χ3n) is 3.04. The van der Waals surface area contributed by atoms with E-state index in [0.717, 1.165) is 0 Å². The fourth-order valence-electron chi connectivity index (χ4n) is 1.90. The van der Waals surface area contributed by atoms with Crippen LogP contribution in [0.4, 0.5) is 10.5 Å². The van der Waals surface area contributed by atoms with Crippen LogP contribution < -0.4 is 10.1 Å². The van der Waals surface area contributed by atoms with E-state index in [2.05, 4.69) is 21.2 Å². The Bertz CT molecular complexity index is 551. The van der Waals surface area contributed by atoms with Gasteiger partial charge in [-0.25, -0.2) is 9.59 Å². The van der Waals surface area contributed by atoms with Crippen LogP contribution in [0.15, 0.2) is 22.7 Å². The number of benzene rings is 1. The predicted octanol–water partition coefficient (Wildman–Crippen LogP) is 1.77. The maximum atomic E-state index is 12.2. The highest BCUT2D eigenvalue weighted by Crippen LogP contribution is 2.27. The van der Waals surface area contributed by atoms with Crippen molar-refractivity contribution in [3.05, 3.63) is 22.7 Å². The third-order valence-corrected chi connectivity index (χ3v) is 3.74. The standard InChI is InChI=1S/C13H15BrN2O5/c1-20-8-2-3-9(14)10(6-8)15-13(19)16-4-5-21-11(7-16)12(17)18/h2-3,6,11H,4-5,7H2,1H3,(H,15,19)(H,17,18). The number of rotatable bonds is 3. The Balaban J connectivity index is 2.05. The van der Waals surface area contributed by atoms with Crippen molar-refractivity contribution in [1.29, 1.82) is 0 Å². The number of hydrogen-bond donors (Lipinski definition) is 2. The second kappa shape index (κ2) is 6.77. The SMILES string of the molecule is COc1ccc(Br)c(NC(=O)N2CCOC(C(=O)O)C2)c1. The summed E-state index contributed by atoms with van der Waals surface area (Å²) in [5.41, 5.74) is 0.553. The molecule has 21 heavy (non-hydrogen) atoms. The summed E-state index contributed by atoms with van der Waals surface area (Å²) in [4.78, 5) is 24.5. The van der Waals surface area contributed by atoms with Gasteiger partial charge in [-0.3, -0.25) is 0 Å². The summed E-state index contributed by atoms with van der Waals surface area (Å²) in [7, 11) is 1.54. The van der Waals surface area contributed by atoms with Gasteiger partial charge < -0.3 is 24.8 Å². The van der Waals surface area contributed by atoms with Gasteiger partial charge in [0.1, 0.15) is 5.75 Å². The van der Waals surface area contributed by atoms with Gasteiger partial charge in [0, 0.05) is 17.1 Å². The van der Waals surface area contributed by atoms with Crippen molar-refractivity contribution in [2.45, 2.75) is 6.10 Å². The Morgan fingerprint density at radius 2 is 2.29 bits per heavy atom. The highest BCUT2D eigenvalue weighted by Gasteiger charge is 2.29. The molecule has 0 spiro atoms. The summed E-state index contributed by atoms with van der Waals surface area (Å²) < 4.78 is 10.9. The van der Waals surface area contributed by atoms with Gasteiger partial charge in [-0.05, 0) is 28.1 Å². The molecule has 0 bridgehead atoms. The molecule has 1 fully saturated rings. The molecule has 8 heteroatoms. The van der Waals surface area contributed by atoms with Crippen LogP contribution in [0.3, 0.4) is 0 Å². The molecule has 0 radical (unpaired) electrons. The lowest BCUT2D eigenvalue weighted by atomic mass is 10.2. The Kier molecular flexibility index (Phi) is 5.03. The summed E-state index contributed by atoms with van der Waals surface area (Å²) in [5.74, 6) is -0.464. The zero-order valence-electron chi connectivity index (χ0n) is 11.3. The lowest BCUT2D eigenvalue weighted by molar-refractivity contribution is -0.154. The zero-order chi connectivity index (χ0) is 15.4. The van der Waals surface area contributed by atoms with Gasteiger partial charge in [-0.15, -0.1) is 0 Å². The Labute approximate surface area is 130 Å². The first-order valence-corrected chi connectivity index (χ1v) is 7.04. The van der Waals surface area contributed by atoms with E-state index in [0.29, 0.717) is 22.5 Å². The predicted molar refractivity (Wildman–Crippen MR) is 78.7 cm³/mol. The average molecular weight is 359 g/mol. The fourth-order valence-corrected chi connectivity index (χ4v) is 2.25. The smallest absolute Gasteiger partial charge is 0.334 e. The number of ether oxygens (including phenoxy) is 2. The van der Waals surface area contributed by atoms with Crippen molar-refractivity contribution in [3.8, 4) is 5.75 Å². The van der Waals surface area contributed by atoms with E-state index in [9.17, 15) is 9.59 Å². The van der Waals surface area contributed by atoms with Crippen LogP contribution in [-0.4, -0.2) is 54.9 Å². The van der Waals surface area contributed by atoms with Gasteiger partial charge in [0.15, 0.2) is 6.10 Å². The molecule has 1 saturated heterocycles. The van der Waals surface area contributed by atoms with Gasteiger partial charge >= 0.3 is 12.0 Å². The molecule has 1 heterocycles. The van der Waals surface area contributed by atoms with Crippen molar-refractivity contribution >= 4 is 33.6 Å². The lowest BCUT2D eigenvalue weighted by Crippen LogP contribution is -2.49. The maximum absolute atomic E-state index is 12.2. The number of morpholine rings is 1. The largest absolute Gasteiger partial charge is 0.497 e. The van der Waals surface area contributed by atoms with Crippen molar-refractivity contribution in [2.24, 2.45) is 0 Å². The summed E-state index contributed by atoms with van der Waals surface area (Å²) >= 11 is 3.34. The molecule has 7 nitrogen and oxygen atoms in total. The number of nitrogens with one attached hydrogen (secondary N) is 1. The minimum atomic E-state index is -1.07. The van der Waals surface area contributed by atoms with Crippen LogP contribution >= 0.6 is 15.9 Å². The number of carbonyl (C=O) groups excluding carboxylic acids is 1. The van der Waals surface area contributed by atoms with Crippen molar-refractivity contribution in [1.82, 2.24) is 4.90 Å². The van der Waals surface area contributed by atoms with Crippen molar-refractivity contribution in [2.75, 3.05) is 32.1 Å². The van der Waals surface area contributed by atoms with Crippen LogP contribution in [0.2, 0.25) is 0 Å². The van der Waals surface area contributed by atoms with E-state index in [1.165, 1.54) is 12.0 Å². The minimum Gasteiger partial charge on any atom is -0.497 e.